The number of pyridine rings is 1. The highest BCUT2D eigenvalue weighted by Crippen LogP contribution is 2.45. The largest absolute Gasteiger partial charge is 0.309 e. The van der Waals surface area contributed by atoms with Crippen LogP contribution in [0.15, 0.2) is 194 Å². The van der Waals surface area contributed by atoms with E-state index < -0.39 is 0 Å². The number of aromatic nitrogens is 1. The van der Waals surface area contributed by atoms with E-state index in [0.29, 0.717) is 0 Å². The summed E-state index contributed by atoms with van der Waals surface area (Å²) in [5.41, 5.74) is 8.18. The first-order chi connectivity index (χ1) is 26.7. The Morgan fingerprint density at radius 3 is 1.43 bits per heavy atom. The van der Waals surface area contributed by atoms with Crippen LogP contribution in [0.3, 0.4) is 0 Å². The molecule has 0 unspecified atom stereocenters. The summed E-state index contributed by atoms with van der Waals surface area (Å²) in [6.45, 7) is 0. The van der Waals surface area contributed by atoms with Crippen LogP contribution in [-0.4, -0.2) is 4.98 Å². The Bertz CT molecular complexity index is 3050. The van der Waals surface area contributed by atoms with Crippen molar-refractivity contribution in [2.24, 2.45) is 0 Å². The summed E-state index contributed by atoms with van der Waals surface area (Å²) < 4.78 is 2.44. The van der Waals surface area contributed by atoms with E-state index in [-0.39, 0.29) is 0 Å². The molecule has 0 spiro atoms. The molecule has 0 bridgehead atoms. The van der Waals surface area contributed by atoms with Gasteiger partial charge in [-0.1, -0.05) is 133 Å². The summed E-state index contributed by atoms with van der Waals surface area (Å²) in [5.74, 6) is 0. The zero-order valence-electron chi connectivity index (χ0n) is 29.3. The lowest BCUT2D eigenvalue weighted by Crippen LogP contribution is -2.10. The fourth-order valence-electron chi connectivity index (χ4n) is 8.21. The summed E-state index contributed by atoms with van der Waals surface area (Å²) in [5, 5.41) is 12.7. The minimum atomic E-state index is 1.11. The van der Waals surface area contributed by atoms with Crippen molar-refractivity contribution in [1.29, 1.82) is 0 Å². The van der Waals surface area contributed by atoms with Crippen molar-refractivity contribution in [2.45, 2.75) is 0 Å². The molecule has 0 aliphatic heterocycles. The van der Waals surface area contributed by atoms with E-state index in [1.165, 1.54) is 85.5 Å². The van der Waals surface area contributed by atoms with Crippen LogP contribution in [0.25, 0.3) is 85.5 Å². The Morgan fingerprint density at radius 2 is 0.852 bits per heavy atom. The SMILES string of the molecule is c1ccc2c(c1)ccc1ccc(-c3ccc(N(c4ccc(-c5ccc6ccc7ccccc7c6c5)cc4)c4cccc5c4sc4cnccc45)cc3)cc12. The lowest BCUT2D eigenvalue weighted by Gasteiger charge is -2.26. The maximum absolute atomic E-state index is 4.44. The average Bonchev–Trinajstić information content (AvgIpc) is 3.63. The maximum atomic E-state index is 4.44. The van der Waals surface area contributed by atoms with Crippen molar-refractivity contribution in [3.05, 3.63) is 194 Å². The summed E-state index contributed by atoms with van der Waals surface area (Å²) in [7, 11) is 0. The van der Waals surface area contributed by atoms with E-state index in [1.54, 1.807) is 11.3 Å². The molecular formula is C51H32N2S. The van der Waals surface area contributed by atoms with Crippen molar-refractivity contribution in [3.8, 4) is 22.3 Å². The number of nitrogens with zero attached hydrogens (tertiary/aromatic N) is 2. The van der Waals surface area contributed by atoms with Gasteiger partial charge in [0.15, 0.2) is 0 Å². The van der Waals surface area contributed by atoms with Crippen LogP contribution in [-0.2, 0) is 0 Å². The van der Waals surface area contributed by atoms with E-state index in [4.69, 9.17) is 0 Å². The third kappa shape index (κ3) is 5.05. The third-order valence-corrected chi connectivity index (χ3v) is 12.1. The van der Waals surface area contributed by atoms with E-state index in [1.807, 2.05) is 12.4 Å². The van der Waals surface area contributed by atoms with Gasteiger partial charge >= 0.3 is 0 Å². The van der Waals surface area contributed by atoms with Crippen LogP contribution in [0.5, 0.6) is 0 Å². The fourth-order valence-corrected chi connectivity index (χ4v) is 9.38. The van der Waals surface area contributed by atoms with Crippen LogP contribution < -0.4 is 4.90 Å². The normalized spacial score (nSPS) is 11.7. The second-order valence-electron chi connectivity index (χ2n) is 14.0. The minimum absolute atomic E-state index is 1.11. The van der Waals surface area contributed by atoms with E-state index in [0.717, 1.165) is 17.1 Å². The van der Waals surface area contributed by atoms with Crippen LogP contribution in [0.1, 0.15) is 0 Å². The van der Waals surface area contributed by atoms with E-state index >= 15 is 0 Å². The van der Waals surface area contributed by atoms with Crippen LogP contribution in [0.2, 0.25) is 0 Å². The summed E-state index contributed by atoms with van der Waals surface area (Å²) in [4.78, 5) is 6.85. The molecule has 9 aromatic carbocycles. The number of rotatable bonds is 5. The highest BCUT2D eigenvalue weighted by molar-refractivity contribution is 7.26. The van der Waals surface area contributed by atoms with Crippen molar-refractivity contribution in [2.75, 3.05) is 4.90 Å². The number of hydrogen-bond acceptors (Lipinski definition) is 3. The molecule has 0 fully saturated rings. The Balaban J connectivity index is 1.03. The average molecular weight is 705 g/mol. The van der Waals surface area contributed by atoms with Crippen LogP contribution in [0.4, 0.5) is 17.1 Å². The van der Waals surface area contributed by atoms with Crippen molar-refractivity contribution < 1.29 is 0 Å². The zero-order chi connectivity index (χ0) is 35.6. The van der Waals surface area contributed by atoms with Crippen molar-refractivity contribution >= 4 is 91.7 Å². The van der Waals surface area contributed by atoms with Gasteiger partial charge in [0, 0.05) is 34.5 Å². The molecule has 0 aliphatic rings. The molecule has 0 radical (unpaired) electrons. The lowest BCUT2D eigenvalue weighted by atomic mass is 9.96. The van der Waals surface area contributed by atoms with Crippen molar-refractivity contribution in [1.82, 2.24) is 4.98 Å². The highest BCUT2D eigenvalue weighted by Gasteiger charge is 2.19. The highest BCUT2D eigenvalue weighted by atomic mass is 32.1. The summed E-state index contributed by atoms with van der Waals surface area (Å²) >= 11 is 1.81. The monoisotopic (exact) mass is 704 g/mol. The Hall–Kier alpha value is -6.81. The number of thiophene rings is 1. The molecular weight excluding hydrogens is 673 g/mol. The molecule has 0 aliphatic carbocycles. The van der Waals surface area contributed by atoms with E-state index in [9.17, 15) is 0 Å². The molecule has 11 aromatic rings. The molecule has 11 rings (SSSR count). The topological polar surface area (TPSA) is 16.1 Å². The minimum Gasteiger partial charge on any atom is -0.309 e. The van der Waals surface area contributed by atoms with Gasteiger partial charge in [-0.3, -0.25) is 4.98 Å². The fraction of sp³-hybridized carbons (Fsp3) is 0. The predicted molar refractivity (Wildman–Crippen MR) is 233 cm³/mol. The van der Waals surface area contributed by atoms with Crippen LogP contribution >= 0.6 is 11.3 Å². The molecule has 252 valence electrons. The first-order valence-corrected chi connectivity index (χ1v) is 19.2. The van der Waals surface area contributed by atoms with Gasteiger partial charge in [-0.2, -0.15) is 0 Å². The molecule has 3 heteroatoms. The van der Waals surface area contributed by atoms with Gasteiger partial charge in [0.1, 0.15) is 0 Å². The second-order valence-corrected chi connectivity index (χ2v) is 15.1. The second kappa shape index (κ2) is 12.4. The third-order valence-electron chi connectivity index (χ3n) is 10.9. The smallest absolute Gasteiger partial charge is 0.0640 e. The number of fused-ring (bicyclic) bond motifs is 9. The Kier molecular flexibility index (Phi) is 7.07. The molecule has 0 atom stereocenters. The molecule has 0 amide bonds. The molecule has 2 aromatic heterocycles. The molecule has 0 saturated carbocycles. The number of hydrogen-bond donors (Lipinski definition) is 0. The Morgan fingerprint density at radius 1 is 0.370 bits per heavy atom. The van der Waals surface area contributed by atoms with Gasteiger partial charge in [-0.25, -0.2) is 0 Å². The molecule has 0 saturated heterocycles. The predicted octanol–water partition coefficient (Wildman–Crippen LogP) is 14.9. The van der Waals surface area contributed by atoms with Gasteiger partial charge in [-0.05, 0) is 114 Å². The molecule has 54 heavy (non-hydrogen) atoms. The van der Waals surface area contributed by atoms with Gasteiger partial charge in [-0.15, -0.1) is 11.3 Å². The molecule has 2 nitrogen and oxygen atoms in total. The van der Waals surface area contributed by atoms with Gasteiger partial charge in [0.25, 0.3) is 0 Å². The van der Waals surface area contributed by atoms with Crippen molar-refractivity contribution in [3.63, 3.8) is 0 Å². The van der Waals surface area contributed by atoms with Gasteiger partial charge < -0.3 is 4.90 Å². The number of anilines is 3. The van der Waals surface area contributed by atoms with Gasteiger partial charge in [0.05, 0.1) is 15.1 Å². The first-order valence-electron chi connectivity index (χ1n) is 18.3. The lowest BCUT2D eigenvalue weighted by molar-refractivity contribution is 1.30. The quantitative estimate of drug-likeness (QED) is 0.166. The summed E-state index contributed by atoms with van der Waals surface area (Å²) in [6.07, 6.45) is 3.87. The van der Waals surface area contributed by atoms with Gasteiger partial charge in [0.2, 0.25) is 0 Å². The number of benzene rings is 9. The summed E-state index contributed by atoms with van der Waals surface area (Å²) in [6, 6.07) is 66.7. The standard InChI is InChI=1S/C51H32N2S/c1-3-8-43-35(6-1)12-14-37-16-18-39(30-47(37)43)33-20-24-41(25-21-33)53(49-11-5-10-46-45-28-29-52-32-50(45)54-51(46)49)42-26-22-34(23-27-42)40-19-17-38-15-13-36-7-2-4-9-44(36)48(38)31-40/h1-32H. The van der Waals surface area contributed by atoms with E-state index in [2.05, 4.69) is 192 Å². The molecule has 2 heterocycles. The molecule has 0 N–H and O–H groups in total. The first kappa shape index (κ1) is 30.8. The zero-order valence-corrected chi connectivity index (χ0v) is 30.1. The van der Waals surface area contributed by atoms with Crippen LogP contribution in [0, 0.1) is 0 Å². The maximum Gasteiger partial charge on any atom is 0.0640 e. The Labute approximate surface area is 316 Å².